The molecule has 0 unspecified atom stereocenters. The van der Waals surface area contributed by atoms with Gasteiger partial charge in [0.05, 0.1) is 10.2 Å². The average molecular weight is 416 g/mol. The van der Waals surface area contributed by atoms with Crippen molar-refractivity contribution < 1.29 is 0 Å². The van der Waals surface area contributed by atoms with Gasteiger partial charge in [-0.15, -0.1) is 11.3 Å². The number of fused-ring (bicyclic) bond motifs is 7. The van der Waals surface area contributed by atoms with Crippen LogP contribution >= 0.6 is 11.3 Å². The molecule has 7 rings (SSSR count). The van der Waals surface area contributed by atoms with Crippen LogP contribution in [0.5, 0.6) is 0 Å². The van der Waals surface area contributed by atoms with E-state index in [1.807, 2.05) is 0 Å². The van der Waals surface area contributed by atoms with Crippen molar-refractivity contribution in [3.63, 3.8) is 0 Å². The van der Waals surface area contributed by atoms with E-state index in [0.717, 1.165) is 16.9 Å². The molecule has 1 aromatic heterocycles. The molecule has 0 amide bonds. The Kier molecular flexibility index (Phi) is 3.34. The molecule has 0 saturated heterocycles. The van der Waals surface area contributed by atoms with E-state index in [9.17, 15) is 0 Å². The van der Waals surface area contributed by atoms with E-state index < -0.39 is 0 Å². The minimum Gasteiger partial charge on any atom is -0.236 e. The fraction of sp³-hybridized carbons (Fsp3) is 0.138. The molecule has 1 nitrogen and oxygen atoms in total. The summed E-state index contributed by atoms with van der Waals surface area (Å²) in [6.45, 7) is 4.72. The van der Waals surface area contributed by atoms with Gasteiger partial charge in [0.1, 0.15) is 5.01 Å². The van der Waals surface area contributed by atoms with Crippen LogP contribution in [0.3, 0.4) is 0 Å². The molecule has 148 valence electrons. The Hall–Kier alpha value is -3.23. The molecule has 0 N–H and O–H groups in total. The van der Waals surface area contributed by atoms with Crippen LogP contribution in [0.4, 0.5) is 0 Å². The topological polar surface area (TPSA) is 12.9 Å². The lowest BCUT2D eigenvalue weighted by atomic mass is 9.81. The minimum absolute atomic E-state index is 0.0574. The summed E-state index contributed by atoms with van der Waals surface area (Å²) in [5.74, 6) is 0. The first-order valence-corrected chi connectivity index (χ1v) is 11.7. The normalized spacial score (nSPS) is 14.9. The van der Waals surface area contributed by atoms with Crippen LogP contribution in [-0.4, -0.2) is 4.98 Å². The van der Waals surface area contributed by atoms with E-state index in [1.165, 1.54) is 54.8 Å². The molecule has 31 heavy (non-hydrogen) atoms. The van der Waals surface area contributed by atoms with Crippen LogP contribution in [0, 0.1) is 0 Å². The van der Waals surface area contributed by atoms with Crippen LogP contribution in [0.25, 0.3) is 43.0 Å². The molecule has 5 aromatic rings. The van der Waals surface area contributed by atoms with E-state index in [1.54, 1.807) is 11.3 Å². The van der Waals surface area contributed by atoms with Gasteiger partial charge in [-0.25, -0.2) is 4.98 Å². The minimum atomic E-state index is 0.0574. The average Bonchev–Trinajstić information content (AvgIpc) is 3.44. The standard InChI is InChI=1S/C29H21NS/c1-29(2)24-8-4-3-7-20(24)23-16-22-19(15-25(23)29)13-17-11-12-18(14-21(17)22)28-30-26-9-5-6-10-27(26)31-28/h3-12,14-16H,13H2,1-2H3. The highest BCUT2D eigenvalue weighted by Crippen LogP contribution is 2.52. The van der Waals surface area contributed by atoms with Crippen molar-refractivity contribution in [3.05, 3.63) is 101 Å². The van der Waals surface area contributed by atoms with E-state index in [2.05, 4.69) is 92.7 Å². The molecule has 0 atom stereocenters. The Bertz CT molecular complexity index is 1500. The molecule has 2 aliphatic carbocycles. The maximum atomic E-state index is 4.89. The molecule has 4 aromatic carbocycles. The van der Waals surface area contributed by atoms with Gasteiger partial charge in [-0.1, -0.05) is 68.4 Å². The number of para-hydroxylation sites is 1. The van der Waals surface area contributed by atoms with E-state index in [-0.39, 0.29) is 5.41 Å². The molecular formula is C29H21NS. The summed E-state index contributed by atoms with van der Waals surface area (Å²) < 4.78 is 1.25. The van der Waals surface area contributed by atoms with Crippen LogP contribution in [0.2, 0.25) is 0 Å². The third-order valence-corrected chi connectivity index (χ3v) is 8.21. The third kappa shape index (κ3) is 2.34. The van der Waals surface area contributed by atoms with Gasteiger partial charge in [0.25, 0.3) is 0 Å². The summed E-state index contributed by atoms with van der Waals surface area (Å²) in [6.07, 6.45) is 1.02. The van der Waals surface area contributed by atoms with Gasteiger partial charge in [0.2, 0.25) is 0 Å². The number of hydrogen-bond donors (Lipinski definition) is 0. The summed E-state index contributed by atoms with van der Waals surface area (Å²) >= 11 is 1.78. The van der Waals surface area contributed by atoms with Gasteiger partial charge in [-0.2, -0.15) is 0 Å². The van der Waals surface area contributed by atoms with Crippen molar-refractivity contribution in [2.24, 2.45) is 0 Å². The fourth-order valence-corrected chi connectivity index (χ4v) is 6.47. The van der Waals surface area contributed by atoms with Crippen LogP contribution in [0.1, 0.15) is 36.1 Å². The molecule has 0 saturated carbocycles. The largest absolute Gasteiger partial charge is 0.236 e. The molecule has 2 heteroatoms. The molecule has 0 aliphatic heterocycles. The number of thiazole rings is 1. The second kappa shape index (κ2) is 5.93. The maximum absolute atomic E-state index is 4.89. The van der Waals surface area contributed by atoms with Gasteiger partial charge in [0, 0.05) is 11.0 Å². The zero-order valence-electron chi connectivity index (χ0n) is 17.6. The highest BCUT2D eigenvalue weighted by Gasteiger charge is 2.36. The van der Waals surface area contributed by atoms with Crippen molar-refractivity contribution in [2.75, 3.05) is 0 Å². The van der Waals surface area contributed by atoms with E-state index in [0.29, 0.717) is 0 Å². The van der Waals surface area contributed by atoms with Crippen molar-refractivity contribution in [1.29, 1.82) is 0 Å². The van der Waals surface area contributed by atoms with Crippen molar-refractivity contribution in [2.45, 2.75) is 25.7 Å². The monoisotopic (exact) mass is 415 g/mol. The lowest BCUT2D eigenvalue weighted by Crippen LogP contribution is -2.15. The van der Waals surface area contributed by atoms with Crippen LogP contribution < -0.4 is 0 Å². The predicted molar refractivity (Wildman–Crippen MR) is 131 cm³/mol. The Morgan fingerprint density at radius 2 is 1.52 bits per heavy atom. The van der Waals surface area contributed by atoms with Gasteiger partial charge >= 0.3 is 0 Å². The highest BCUT2D eigenvalue weighted by atomic mass is 32.1. The zero-order valence-corrected chi connectivity index (χ0v) is 18.4. The van der Waals surface area contributed by atoms with Crippen LogP contribution in [-0.2, 0) is 11.8 Å². The zero-order chi connectivity index (χ0) is 20.7. The lowest BCUT2D eigenvalue weighted by Gasteiger charge is -2.22. The second-order valence-electron chi connectivity index (χ2n) is 9.26. The van der Waals surface area contributed by atoms with Gasteiger partial charge in [-0.3, -0.25) is 0 Å². The van der Waals surface area contributed by atoms with Gasteiger partial charge < -0.3 is 0 Å². The number of hydrogen-bond acceptors (Lipinski definition) is 2. The summed E-state index contributed by atoms with van der Waals surface area (Å²) in [5, 5.41) is 1.10. The first kappa shape index (κ1) is 17.5. The van der Waals surface area contributed by atoms with Gasteiger partial charge in [-0.05, 0) is 75.2 Å². The third-order valence-electron chi connectivity index (χ3n) is 7.13. The summed E-state index contributed by atoms with van der Waals surface area (Å²) in [7, 11) is 0. The Balaban J connectivity index is 1.41. The van der Waals surface area contributed by atoms with Crippen molar-refractivity contribution >= 4 is 21.6 Å². The quantitative estimate of drug-likeness (QED) is 0.266. The molecule has 0 bridgehead atoms. The Labute approximate surface area is 186 Å². The molecule has 2 aliphatic rings. The lowest BCUT2D eigenvalue weighted by molar-refractivity contribution is 0.659. The van der Waals surface area contributed by atoms with E-state index >= 15 is 0 Å². The first-order chi connectivity index (χ1) is 15.1. The molecule has 0 fully saturated rings. The fourth-order valence-electron chi connectivity index (χ4n) is 5.50. The van der Waals surface area contributed by atoms with Crippen molar-refractivity contribution in [3.8, 4) is 32.8 Å². The van der Waals surface area contributed by atoms with Crippen LogP contribution in [0.15, 0.2) is 78.9 Å². The maximum Gasteiger partial charge on any atom is 0.124 e. The smallest absolute Gasteiger partial charge is 0.124 e. The summed E-state index contributed by atoms with van der Waals surface area (Å²) in [4.78, 5) is 4.89. The SMILES string of the molecule is CC1(C)c2ccccc2-c2cc3c(cc21)Cc1ccc(-c2nc4ccccc4s2)cc1-3. The van der Waals surface area contributed by atoms with E-state index in [4.69, 9.17) is 4.98 Å². The highest BCUT2D eigenvalue weighted by molar-refractivity contribution is 7.21. The Morgan fingerprint density at radius 1 is 0.710 bits per heavy atom. The second-order valence-corrected chi connectivity index (χ2v) is 10.3. The molecule has 1 heterocycles. The molecule has 0 radical (unpaired) electrons. The summed E-state index contributed by atoms with van der Waals surface area (Å²) in [5.41, 5.74) is 13.7. The number of aromatic nitrogens is 1. The number of rotatable bonds is 1. The number of nitrogens with zero attached hydrogens (tertiary/aromatic N) is 1. The molecular weight excluding hydrogens is 394 g/mol. The Morgan fingerprint density at radius 3 is 2.42 bits per heavy atom. The molecule has 0 spiro atoms. The van der Waals surface area contributed by atoms with Crippen molar-refractivity contribution in [1.82, 2.24) is 4.98 Å². The first-order valence-electron chi connectivity index (χ1n) is 10.9. The number of benzene rings is 4. The van der Waals surface area contributed by atoms with Gasteiger partial charge in [0.15, 0.2) is 0 Å². The summed E-state index contributed by atoms with van der Waals surface area (Å²) in [6, 6.07) is 29.1. The predicted octanol–water partition coefficient (Wildman–Crippen LogP) is 7.84.